The fraction of sp³-hybridized carbons (Fsp3) is 0.571. The molecule has 2 N–H and O–H groups in total. The molecule has 5 nitrogen and oxygen atoms in total. The number of pyridine rings is 1. The van der Waals surface area contributed by atoms with Gasteiger partial charge in [-0.3, -0.25) is 9.78 Å². The largest absolute Gasteiger partial charge is 0.385 e. The van der Waals surface area contributed by atoms with E-state index in [0.29, 0.717) is 5.69 Å². The van der Waals surface area contributed by atoms with Crippen LogP contribution < -0.4 is 10.6 Å². The van der Waals surface area contributed by atoms with Crippen molar-refractivity contribution in [1.82, 2.24) is 10.3 Å². The number of carbonyl (C=O) groups excluding carboxylic acids is 1. The molecule has 5 heteroatoms. The molecule has 104 valence electrons. The number of nitrogens with one attached hydrogen (secondary N) is 2. The van der Waals surface area contributed by atoms with Gasteiger partial charge in [0.15, 0.2) is 0 Å². The summed E-state index contributed by atoms with van der Waals surface area (Å²) in [7, 11) is 1.70. The first-order valence-corrected chi connectivity index (χ1v) is 6.76. The Hall–Kier alpha value is -1.62. The molecule has 1 fully saturated rings. The summed E-state index contributed by atoms with van der Waals surface area (Å²) in [6, 6.07) is 3.88. The first-order valence-electron chi connectivity index (χ1n) is 6.76. The van der Waals surface area contributed by atoms with Gasteiger partial charge in [-0.25, -0.2) is 0 Å². The minimum atomic E-state index is -0.111. The van der Waals surface area contributed by atoms with Gasteiger partial charge in [-0.1, -0.05) is 6.92 Å². The zero-order valence-electron chi connectivity index (χ0n) is 11.5. The lowest BCUT2D eigenvalue weighted by molar-refractivity contribution is 0.0175. The zero-order chi connectivity index (χ0) is 13.7. The van der Waals surface area contributed by atoms with E-state index in [1.807, 2.05) is 6.07 Å². The minimum absolute atomic E-state index is 0.111. The average Bonchev–Trinajstić information content (AvgIpc) is 2.40. The third-order valence-electron chi connectivity index (χ3n) is 3.34. The van der Waals surface area contributed by atoms with Crippen molar-refractivity contribution >= 4 is 11.6 Å². The molecule has 2 rings (SSSR count). The molecular formula is C14H21N3O2. The normalized spacial score (nSPS) is 21.6. The molecule has 0 spiro atoms. The van der Waals surface area contributed by atoms with E-state index in [1.165, 1.54) is 0 Å². The smallest absolute Gasteiger partial charge is 0.270 e. The molecule has 0 unspecified atom stereocenters. The van der Waals surface area contributed by atoms with Crippen LogP contribution in [-0.2, 0) is 4.74 Å². The first-order chi connectivity index (χ1) is 9.22. The number of hydrogen-bond acceptors (Lipinski definition) is 4. The lowest BCUT2D eigenvalue weighted by atomic mass is 9.89. The number of hydrogen-bond donors (Lipinski definition) is 2. The van der Waals surface area contributed by atoms with Gasteiger partial charge in [0.2, 0.25) is 0 Å². The zero-order valence-corrected chi connectivity index (χ0v) is 11.5. The van der Waals surface area contributed by atoms with Gasteiger partial charge >= 0.3 is 0 Å². The second-order valence-corrected chi connectivity index (χ2v) is 4.86. The van der Waals surface area contributed by atoms with Crippen LogP contribution in [0.2, 0.25) is 0 Å². The van der Waals surface area contributed by atoms with Crippen molar-refractivity contribution in [3.05, 3.63) is 24.0 Å². The number of methoxy groups -OCH3 is 1. The van der Waals surface area contributed by atoms with Crippen molar-refractivity contribution in [1.29, 1.82) is 0 Å². The monoisotopic (exact) mass is 263 g/mol. The molecular weight excluding hydrogens is 242 g/mol. The third kappa shape index (κ3) is 3.67. The van der Waals surface area contributed by atoms with E-state index in [1.54, 1.807) is 19.4 Å². The number of amides is 1. The van der Waals surface area contributed by atoms with E-state index in [4.69, 9.17) is 4.74 Å². The lowest BCUT2D eigenvalue weighted by Crippen LogP contribution is -2.47. The minimum Gasteiger partial charge on any atom is -0.385 e. The fourth-order valence-corrected chi connectivity index (χ4v) is 2.07. The summed E-state index contributed by atoms with van der Waals surface area (Å²) in [6.45, 7) is 2.99. The number of nitrogens with zero attached hydrogens (tertiary/aromatic N) is 1. The Labute approximate surface area is 113 Å². The fourth-order valence-electron chi connectivity index (χ4n) is 2.07. The number of anilines is 1. The second kappa shape index (κ2) is 6.52. The summed E-state index contributed by atoms with van der Waals surface area (Å²) in [5, 5.41) is 6.22. The van der Waals surface area contributed by atoms with E-state index in [2.05, 4.69) is 22.5 Å². The first kappa shape index (κ1) is 13.8. The highest BCUT2D eigenvalue weighted by atomic mass is 16.5. The van der Waals surface area contributed by atoms with Gasteiger partial charge in [0.05, 0.1) is 6.10 Å². The van der Waals surface area contributed by atoms with Gasteiger partial charge in [-0.15, -0.1) is 0 Å². The van der Waals surface area contributed by atoms with Gasteiger partial charge in [-0.2, -0.15) is 0 Å². The van der Waals surface area contributed by atoms with Crippen LogP contribution in [0.1, 0.15) is 36.7 Å². The highest BCUT2D eigenvalue weighted by Crippen LogP contribution is 2.22. The van der Waals surface area contributed by atoms with Crippen molar-refractivity contribution in [2.45, 2.75) is 38.3 Å². The quantitative estimate of drug-likeness (QED) is 0.821. The van der Waals surface area contributed by atoms with Crippen molar-refractivity contribution in [2.75, 3.05) is 19.0 Å². The summed E-state index contributed by atoms with van der Waals surface area (Å²) >= 11 is 0. The van der Waals surface area contributed by atoms with Crippen LogP contribution in [0.3, 0.4) is 0 Å². The van der Waals surface area contributed by atoms with Gasteiger partial charge in [0.25, 0.3) is 5.91 Å². The molecule has 0 bridgehead atoms. The van der Waals surface area contributed by atoms with Crippen LogP contribution in [0.4, 0.5) is 5.69 Å². The van der Waals surface area contributed by atoms with Gasteiger partial charge in [0, 0.05) is 31.6 Å². The van der Waals surface area contributed by atoms with Crippen LogP contribution in [0, 0.1) is 0 Å². The Balaban J connectivity index is 1.88. The van der Waals surface area contributed by atoms with Crippen LogP contribution in [0.15, 0.2) is 18.3 Å². The predicted octanol–water partition coefficient (Wildman–Crippen LogP) is 1.81. The van der Waals surface area contributed by atoms with Crippen molar-refractivity contribution < 1.29 is 9.53 Å². The Morgan fingerprint density at radius 2 is 2.32 bits per heavy atom. The summed E-state index contributed by atoms with van der Waals surface area (Å²) in [5.41, 5.74) is 1.40. The Morgan fingerprint density at radius 3 is 3.00 bits per heavy atom. The molecule has 0 saturated heterocycles. The maximum atomic E-state index is 12.0. The van der Waals surface area contributed by atoms with Gasteiger partial charge in [-0.05, 0) is 31.4 Å². The van der Waals surface area contributed by atoms with Crippen LogP contribution in [0.25, 0.3) is 0 Å². The topological polar surface area (TPSA) is 63.2 Å². The number of carbonyl (C=O) groups is 1. The molecule has 19 heavy (non-hydrogen) atoms. The Kier molecular flexibility index (Phi) is 4.74. The molecule has 0 aliphatic heterocycles. The molecule has 0 radical (unpaired) electrons. The van der Waals surface area contributed by atoms with Crippen LogP contribution in [-0.4, -0.2) is 36.7 Å². The van der Waals surface area contributed by atoms with Crippen molar-refractivity contribution in [3.63, 3.8) is 0 Å². The molecule has 1 heterocycles. The molecule has 0 atom stereocenters. The Bertz CT molecular complexity index is 430. The van der Waals surface area contributed by atoms with E-state index in [9.17, 15) is 4.79 Å². The molecule has 1 aliphatic rings. The summed E-state index contributed by atoms with van der Waals surface area (Å²) in [4.78, 5) is 16.1. The van der Waals surface area contributed by atoms with Gasteiger partial charge < -0.3 is 15.4 Å². The highest BCUT2D eigenvalue weighted by molar-refractivity contribution is 5.93. The van der Waals surface area contributed by atoms with E-state index in [0.717, 1.165) is 31.5 Å². The predicted molar refractivity (Wildman–Crippen MR) is 74.3 cm³/mol. The number of ether oxygens (including phenoxy) is 1. The standard InChI is InChI=1S/C14H21N3O2/c1-3-5-15-10-4-6-16-13(9-10)14(18)17-11-7-12(8-11)19-2/h4,6,9,11-12H,3,5,7-8H2,1-2H3,(H,15,16)(H,17,18). The highest BCUT2D eigenvalue weighted by Gasteiger charge is 2.30. The van der Waals surface area contributed by atoms with E-state index in [-0.39, 0.29) is 18.1 Å². The van der Waals surface area contributed by atoms with Crippen LogP contribution >= 0.6 is 0 Å². The SMILES string of the molecule is CCCNc1ccnc(C(=O)NC2CC(OC)C2)c1. The van der Waals surface area contributed by atoms with E-state index >= 15 is 0 Å². The third-order valence-corrected chi connectivity index (χ3v) is 3.34. The number of aromatic nitrogens is 1. The summed E-state index contributed by atoms with van der Waals surface area (Å²) in [5.74, 6) is -0.111. The average molecular weight is 263 g/mol. The van der Waals surface area contributed by atoms with Crippen molar-refractivity contribution in [3.8, 4) is 0 Å². The summed E-state index contributed by atoms with van der Waals surface area (Å²) in [6.07, 6.45) is 4.76. The lowest BCUT2D eigenvalue weighted by Gasteiger charge is -2.34. The van der Waals surface area contributed by atoms with Crippen molar-refractivity contribution in [2.24, 2.45) is 0 Å². The second-order valence-electron chi connectivity index (χ2n) is 4.86. The molecule has 1 amide bonds. The van der Waals surface area contributed by atoms with E-state index < -0.39 is 0 Å². The molecule has 1 saturated carbocycles. The van der Waals surface area contributed by atoms with Crippen LogP contribution in [0.5, 0.6) is 0 Å². The number of rotatable bonds is 6. The molecule has 1 aromatic rings. The molecule has 1 aromatic heterocycles. The Morgan fingerprint density at radius 1 is 1.53 bits per heavy atom. The molecule has 0 aromatic carbocycles. The maximum Gasteiger partial charge on any atom is 0.270 e. The maximum absolute atomic E-state index is 12.0. The summed E-state index contributed by atoms with van der Waals surface area (Å²) < 4.78 is 5.19. The van der Waals surface area contributed by atoms with Gasteiger partial charge in [0.1, 0.15) is 5.69 Å². The molecule has 1 aliphatic carbocycles.